The Hall–Kier alpha value is -1.06. The lowest BCUT2D eigenvalue weighted by atomic mass is 10.1. The number of rotatable bonds is 1. The van der Waals surface area contributed by atoms with Crippen LogP contribution >= 0.6 is 0 Å². The highest BCUT2D eigenvalue weighted by Crippen LogP contribution is 2.11. The quantitative estimate of drug-likeness (QED) is 0.626. The summed E-state index contributed by atoms with van der Waals surface area (Å²) in [6.07, 6.45) is 0. The molecular formula is C8H14N2O2. The van der Waals surface area contributed by atoms with E-state index in [9.17, 15) is 9.59 Å². The zero-order chi connectivity index (χ0) is 9.30. The fraction of sp³-hybridized carbons (Fsp3) is 0.750. The average molecular weight is 170 g/mol. The van der Waals surface area contributed by atoms with Gasteiger partial charge in [0.05, 0.1) is 5.92 Å². The third-order valence-corrected chi connectivity index (χ3v) is 1.95. The highest BCUT2D eigenvalue weighted by molar-refractivity contribution is 5.98. The Balaban J connectivity index is 2.79. The average Bonchev–Trinajstić information content (AvgIpc) is 1.97. The SMILES string of the molecule is CC1CNC(=O)N(C(C)C)C1=O. The fourth-order valence-corrected chi connectivity index (χ4v) is 1.24. The Kier molecular flexibility index (Phi) is 2.35. The van der Waals surface area contributed by atoms with E-state index in [0.717, 1.165) is 0 Å². The van der Waals surface area contributed by atoms with Gasteiger partial charge in [-0.05, 0) is 13.8 Å². The summed E-state index contributed by atoms with van der Waals surface area (Å²) in [6, 6.07) is -0.326. The number of nitrogens with one attached hydrogen (secondary N) is 1. The number of hydrogen-bond donors (Lipinski definition) is 1. The highest BCUT2D eigenvalue weighted by Gasteiger charge is 2.32. The summed E-state index contributed by atoms with van der Waals surface area (Å²) in [6.45, 7) is 5.93. The first-order valence-electron chi connectivity index (χ1n) is 4.15. The van der Waals surface area contributed by atoms with Crippen LogP contribution in [0.25, 0.3) is 0 Å². The first kappa shape index (κ1) is 9.03. The number of nitrogens with zero attached hydrogens (tertiary/aromatic N) is 1. The van der Waals surface area contributed by atoms with E-state index >= 15 is 0 Å². The highest BCUT2D eigenvalue weighted by atomic mass is 16.2. The third-order valence-electron chi connectivity index (χ3n) is 1.95. The molecule has 12 heavy (non-hydrogen) atoms. The molecule has 1 fully saturated rings. The third kappa shape index (κ3) is 1.42. The van der Waals surface area contributed by atoms with E-state index in [2.05, 4.69) is 5.32 Å². The Labute approximate surface area is 71.9 Å². The monoisotopic (exact) mass is 170 g/mol. The van der Waals surface area contributed by atoms with Crippen LogP contribution in [0.4, 0.5) is 4.79 Å². The number of urea groups is 1. The van der Waals surface area contributed by atoms with Gasteiger partial charge in [-0.15, -0.1) is 0 Å². The first-order chi connectivity index (χ1) is 5.54. The van der Waals surface area contributed by atoms with Gasteiger partial charge >= 0.3 is 6.03 Å². The van der Waals surface area contributed by atoms with Gasteiger partial charge in [0.25, 0.3) is 0 Å². The van der Waals surface area contributed by atoms with Crippen LogP contribution in [0.2, 0.25) is 0 Å². The molecule has 0 radical (unpaired) electrons. The lowest BCUT2D eigenvalue weighted by Gasteiger charge is -2.32. The maximum Gasteiger partial charge on any atom is 0.324 e. The molecule has 0 bridgehead atoms. The normalized spacial score (nSPS) is 24.7. The maximum absolute atomic E-state index is 11.4. The van der Waals surface area contributed by atoms with Gasteiger partial charge in [-0.25, -0.2) is 4.79 Å². The predicted molar refractivity (Wildman–Crippen MR) is 44.5 cm³/mol. The van der Waals surface area contributed by atoms with Crippen molar-refractivity contribution in [1.29, 1.82) is 0 Å². The van der Waals surface area contributed by atoms with E-state index < -0.39 is 0 Å². The summed E-state index contributed by atoms with van der Waals surface area (Å²) in [5, 5.41) is 2.66. The molecule has 1 heterocycles. The number of hydrogen-bond acceptors (Lipinski definition) is 2. The number of carbonyl (C=O) groups excluding carboxylic acids is 2. The standard InChI is InChI=1S/C8H14N2O2/c1-5(2)10-7(11)6(3)4-9-8(10)12/h5-6H,4H2,1-3H3,(H,9,12). The van der Waals surface area contributed by atoms with Gasteiger partial charge in [0.1, 0.15) is 0 Å². The number of carbonyl (C=O) groups is 2. The summed E-state index contributed by atoms with van der Waals surface area (Å²) >= 11 is 0. The molecule has 0 aromatic rings. The summed E-state index contributed by atoms with van der Waals surface area (Å²) in [7, 11) is 0. The molecule has 68 valence electrons. The van der Waals surface area contributed by atoms with Crippen molar-refractivity contribution in [2.45, 2.75) is 26.8 Å². The molecular weight excluding hydrogens is 156 g/mol. The summed E-state index contributed by atoms with van der Waals surface area (Å²) in [5.74, 6) is -0.168. The Morgan fingerprint density at radius 1 is 1.50 bits per heavy atom. The second kappa shape index (κ2) is 3.13. The van der Waals surface area contributed by atoms with Crippen molar-refractivity contribution in [2.75, 3.05) is 6.54 Å². The molecule has 1 atom stereocenters. The smallest absolute Gasteiger partial charge is 0.324 e. The van der Waals surface area contributed by atoms with Crippen LogP contribution in [0.5, 0.6) is 0 Å². The minimum atomic E-state index is -0.270. The molecule has 0 aromatic heterocycles. The minimum absolute atomic E-state index is 0.0553. The van der Waals surface area contributed by atoms with Crippen LogP contribution in [0.15, 0.2) is 0 Å². The predicted octanol–water partition coefficient (Wildman–Crippen LogP) is 0.583. The molecule has 3 amide bonds. The molecule has 1 rings (SSSR count). The maximum atomic E-state index is 11.4. The van der Waals surface area contributed by atoms with Crippen molar-refractivity contribution in [3.63, 3.8) is 0 Å². The topological polar surface area (TPSA) is 49.4 Å². The second-order valence-electron chi connectivity index (χ2n) is 3.39. The van der Waals surface area contributed by atoms with E-state index in [0.29, 0.717) is 6.54 Å². The van der Waals surface area contributed by atoms with Gasteiger partial charge in [0, 0.05) is 12.6 Å². The molecule has 4 heteroatoms. The molecule has 1 N–H and O–H groups in total. The van der Waals surface area contributed by atoms with E-state index in [4.69, 9.17) is 0 Å². The van der Waals surface area contributed by atoms with Crippen LogP contribution in [0, 0.1) is 5.92 Å². The van der Waals surface area contributed by atoms with E-state index in [1.165, 1.54) is 4.90 Å². The Bertz CT molecular complexity index is 213. The van der Waals surface area contributed by atoms with Gasteiger partial charge in [-0.2, -0.15) is 0 Å². The molecule has 1 aliphatic rings. The zero-order valence-electron chi connectivity index (χ0n) is 7.63. The lowest BCUT2D eigenvalue weighted by molar-refractivity contribution is -0.134. The van der Waals surface area contributed by atoms with Crippen LogP contribution in [0.1, 0.15) is 20.8 Å². The van der Waals surface area contributed by atoms with Crippen molar-refractivity contribution in [1.82, 2.24) is 10.2 Å². The minimum Gasteiger partial charge on any atom is -0.337 e. The first-order valence-corrected chi connectivity index (χ1v) is 4.15. The van der Waals surface area contributed by atoms with Crippen molar-refractivity contribution in [2.24, 2.45) is 5.92 Å². The molecule has 0 saturated carbocycles. The Morgan fingerprint density at radius 2 is 2.08 bits per heavy atom. The van der Waals surface area contributed by atoms with Crippen molar-refractivity contribution in [3.05, 3.63) is 0 Å². The van der Waals surface area contributed by atoms with Crippen molar-refractivity contribution in [3.8, 4) is 0 Å². The molecule has 4 nitrogen and oxygen atoms in total. The van der Waals surface area contributed by atoms with Gasteiger partial charge in [-0.1, -0.05) is 6.92 Å². The summed E-state index contributed by atoms with van der Waals surface area (Å²) < 4.78 is 0. The fourth-order valence-electron chi connectivity index (χ4n) is 1.24. The lowest BCUT2D eigenvalue weighted by Crippen LogP contribution is -2.56. The molecule has 0 aliphatic carbocycles. The number of amides is 3. The molecule has 1 saturated heterocycles. The largest absolute Gasteiger partial charge is 0.337 e. The van der Waals surface area contributed by atoms with Crippen LogP contribution in [0.3, 0.4) is 0 Å². The van der Waals surface area contributed by atoms with Crippen LogP contribution in [-0.4, -0.2) is 29.4 Å². The number of imide groups is 1. The van der Waals surface area contributed by atoms with Gasteiger partial charge in [0.2, 0.25) is 5.91 Å². The molecule has 0 spiro atoms. The van der Waals surface area contributed by atoms with Crippen LogP contribution in [-0.2, 0) is 4.79 Å². The van der Waals surface area contributed by atoms with Gasteiger partial charge in [0.15, 0.2) is 0 Å². The summed E-state index contributed by atoms with van der Waals surface area (Å²) in [4.78, 5) is 23.9. The van der Waals surface area contributed by atoms with Crippen molar-refractivity contribution >= 4 is 11.9 Å². The van der Waals surface area contributed by atoms with Crippen molar-refractivity contribution < 1.29 is 9.59 Å². The second-order valence-corrected chi connectivity index (χ2v) is 3.39. The molecule has 1 unspecified atom stereocenters. The zero-order valence-corrected chi connectivity index (χ0v) is 7.63. The Morgan fingerprint density at radius 3 is 2.50 bits per heavy atom. The van der Waals surface area contributed by atoms with Gasteiger partial charge in [-0.3, -0.25) is 9.69 Å². The van der Waals surface area contributed by atoms with E-state index in [-0.39, 0.29) is 23.9 Å². The van der Waals surface area contributed by atoms with Crippen LogP contribution < -0.4 is 5.32 Å². The van der Waals surface area contributed by atoms with E-state index in [1.54, 1.807) is 0 Å². The van der Waals surface area contributed by atoms with E-state index in [1.807, 2.05) is 20.8 Å². The van der Waals surface area contributed by atoms with Gasteiger partial charge < -0.3 is 5.32 Å². The molecule has 0 aromatic carbocycles. The molecule has 1 aliphatic heterocycles. The summed E-state index contributed by atoms with van der Waals surface area (Å²) in [5.41, 5.74) is 0.